The van der Waals surface area contributed by atoms with Gasteiger partial charge in [0.1, 0.15) is 11.1 Å². The summed E-state index contributed by atoms with van der Waals surface area (Å²) in [6.45, 7) is 0.228. The first-order valence-corrected chi connectivity index (χ1v) is 11.7. The van der Waals surface area contributed by atoms with Crippen molar-refractivity contribution < 1.29 is 23.5 Å². The van der Waals surface area contributed by atoms with Gasteiger partial charge in [-0.1, -0.05) is 42.1 Å². The second-order valence-electron chi connectivity index (χ2n) is 7.71. The maximum Gasteiger partial charge on any atom is 0.242 e. The van der Waals surface area contributed by atoms with E-state index in [1.165, 1.54) is 38.1 Å². The number of halogens is 1. The fourth-order valence-electron chi connectivity index (χ4n) is 3.55. The van der Waals surface area contributed by atoms with Crippen LogP contribution < -0.4 is 14.8 Å². The molecule has 4 rings (SSSR count). The highest BCUT2D eigenvalue weighted by Crippen LogP contribution is 2.34. The standard InChI is InChI=1S/C26H24FN3O4S/c1-33-21-13-12-20(14-22(21)34-2)28-24(31)15-23-25(32)30(16-17-8-10-18(27)11-9-17)26(35-23)29-19-6-4-3-5-7-19/h3-14,23H,15-16H2,1-2H3,(H,28,31)/t23-/m1/s1. The highest BCUT2D eigenvalue weighted by Gasteiger charge is 2.39. The predicted molar refractivity (Wildman–Crippen MR) is 135 cm³/mol. The number of hydrogen-bond acceptors (Lipinski definition) is 6. The number of para-hydroxylation sites is 1. The van der Waals surface area contributed by atoms with E-state index in [-0.39, 0.29) is 30.6 Å². The molecule has 0 spiro atoms. The Bertz CT molecular complexity index is 1240. The topological polar surface area (TPSA) is 80.2 Å². The molecule has 0 saturated carbocycles. The molecule has 3 aromatic rings. The van der Waals surface area contributed by atoms with Gasteiger partial charge in [-0.15, -0.1) is 0 Å². The summed E-state index contributed by atoms with van der Waals surface area (Å²) in [5.41, 5.74) is 1.99. The number of aliphatic imine (C=N–C) groups is 1. The van der Waals surface area contributed by atoms with Gasteiger partial charge in [-0.25, -0.2) is 9.38 Å². The van der Waals surface area contributed by atoms with E-state index in [1.807, 2.05) is 30.3 Å². The van der Waals surface area contributed by atoms with Crippen molar-refractivity contribution in [1.82, 2.24) is 4.90 Å². The van der Waals surface area contributed by atoms with Crippen LogP contribution in [-0.4, -0.2) is 41.4 Å². The van der Waals surface area contributed by atoms with Crippen LogP contribution in [0.15, 0.2) is 77.8 Å². The van der Waals surface area contributed by atoms with Crippen molar-refractivity contribution in [3.05, 3.63) is 84.2 Å². The number of hydrogen-bond donors (Lipinski definition) is 1. The smallest absolute Gasteiger partial charge is 0.242 e. The molecule has 9 heteroatoms. The summed E-state index contributed by atoms with van der Waals surface area (Å²) in [6.07, 6.45) is -0.0361. The first-order chi connectivity index (χ1) is 17.0. The number of methoxy groups -OCH3 is 2. The molecule has 1 heterocycles. The van der Waals surface area contributed by atoms with E-state index in [2.05, 4.69) is 10.3 Å². The summed E-state index contributed by atoms with van der Waals surface area (Å²) < 4.78 is 23.8. The number of carbonyl (C=O) groups is 2. The number of carbonyl (C=O) groups excluding carboxylic acids is 2. The van der Waals surface area contributed by atoms with Gasteiger partial charge in [0.2, 0.25) is 11.8 Å². The van der Waals surface area contributed by atoms with Crippen LogP contribution in [0.1, 0.15) is 12.0 Å². The summed E-state index contributed by atoms with van der Waals surface area (Å²) in [4.78, 5) is 32.2. The summed E-state index contributed by atoms with van der Waals surface area (Å²) >= 11 is 1.24. The second kappa shape index (κ2) is 11.1. The number of rotatable bonds is 8. The molecule has 35 heavy (non-hydrogen) atoms. The SMILES string of the molecule is COc1ccc(NC(=O)C[C@H]2SC(=Nc3ccccc3)N(Cc3ccc(F)cc3)C2=O)cc1OC. The molecule has 1 saturated heterocycles. The van der Waals surface area contributed by atoms with Gasteiger partial charge in [0.25, 0.3) is 0 Å². The molecule has 1 aliphatic rings. The van der Waals surface area contributed by atoms with Crippen molar-refractivity contribution >= 4 is 40.1 Å². The van der Waals surface area contributed by atoms with Gasteiger partial charge in [0.05, 0.1) is 26.5 Å². The van der Waals surface area contributed by atoms with Crippen LogP contribution in [0.4, 0.5) is 15.8 Å². The van der Waals surface area contributed by atoms with Crippen LogP contribution in [0.3, 0.4) is 0 Å². The average molecular weight is 494 g/mol. The Morgan fingerprint density at radius 3 is 2.43 bits per heavy atom. The minimum absolute atomic E-state index is 0.0361. The zero-order valence-electron chi connectivity index (χ0n) is 19.2. The quantitative estimate of drug-likeness (QED) is 0.478. The summed E-state index contributed by atoms with van der Waals surface area (Å²) in [6, 6.07) is 20.3. The monoisotopic (exact) mass is 493 g/mol. The third kappa shape index (κ3) is 5.99. The van der Waals surface area contributed by atoms with Crippen molar-refractivity contribution in [2.75, 3.05) is 19.5 Å². The first-order valence-electron chi connectivity index (χ1n) is 10.8. The van der Waals surface area contributed by atoms with Crippen LogP contribution in [0.5, 0.6) is 11.5 Å². The lowest BCUT2D eigenvalue weighted by Gasteiger charge is -2.16. The van der Waals surface area contributed by atoms with E-state index in [9.17, 15) is 14.0 Å². The van der Waals surface area contributed by atoms with E-state index >= 15 is 0 Å². The molecule has 1 aliphatic heterocycles. The normalized spacial score (nSPS) is 16.4. The Labute approximate surface area is 207 Å². The zero-order valence-corrected chi connectivity index (χ0v) is 20.0. The minimum Gasteiger partial charge on any atom is -0.493 e. The van der Waals surface area contributed by atoms with E-state index in [4.69, 9.17) is 9.47 Å². The third-order valence-electron chi connectivity index (χ3n) is 5.29. The number of thioether (sulfide) groups is 1. The van der Waals surface area contributed by atoms with Gasteiger partial charge in [-0.05, 0) is 42.0 Å². The van der Waals surface area contributed by atoms with Crippen LogP contribution in [0.25, 0.3) is 0 Å². The molecule has 180 valence electrons. The highest BCUT2D eigenvalue weighted by molar-refractivity contribution is 8.15. The lowest BCUT2D eigenvalue weighted by atomic mass is 10.2. The molecule has 1 atom stereocenters. The van der Waals surface area contributed by atoms with Crippen LogP contribution in [0, 0.1) is 5.82 Å². The van der Waals surface area contributed by atoms with E-state index in [0.717, 1.165) is 5.56 Å². The Hall–Kier alpha value is -3.85. The highest BCUT2D eigenvalue weighted by atomic mass is 32.2. The molecule has 0 bridgehead atoms. The van der Waals surface area contributed by atoms with Crippen molar-refractivity contribution in [2.45, 2.75) is 18.2 Å². The molecular weight excluding hydrogens is 469 g/mol. The molecule has 7 nitrogen and oxygen atoms in total. The largest absolute Gasteiger partial charge is 0.493 e. The number of ether oxygens (including phenoxy) is 2. The maximum atomic E-state index is 13.3. The molecule has 0 aliphatic carbocycles. The molecule has 0 radical (unpaired) electrons. The fraction of sp³-hybridized carbons (Fsp3) is 0.192. The fourth-order valence-corrected chi connectivity index (χ4v) is 4.71. The Balaban J connectivity index is 1.51. The van der Waals surface area contributed by atoms with Crippen molar-refractivity contribution in [3.63, 3.8) is 0 Å². The van der Waals surface area contributed by atoms with Crippen LogP contribution in [0.2, 0.25) is 0 Å². The molecule has 3 aromatic carbocycles. The number of benzene rings is 3. The minimum atomic E-state index is -0.641. The maximum absolute atomic E-state index is 13.3. The number of amides is 2. The average Bonchev–Trinajstić information content (AvgIpc) is 3.14. The number of amidine groups is 1. The van der Waals surface area contributed by atoms with Gasteiger partial charge in [0.15, 0.2) is 16.7 Å². The Morgan fingerprint density at radius 1 is 1.03 bits per heavy atom. The molecule has 2 amide bonds. The number of nitrogens with one attached hydrogen (secondary N) is 1. The molecule has 0 aromatic heterocycles. The van der Waals surface area contributed by atoms with Gasteiger partial charge in [-0.2, -0.15) is 0 Å². The summed E-state index contributed by atoms with van der Waals surface area (Å²) in [7, 11) is 3.05. The van der Waals surface area contributed by atoms with Crippen LogP contribution >= 0.6 is 11.8 Å². The van der Waals surface area contributed by atoms with Gasteiger partial charge in [0, 0.05) is 18.2 Å². The molecular formula is C26H24FN3O4S. The van der Waals surface area contributed by atoms with Crippen molar-refractivity contribution in [1.29, 1.82) is 0 Å². The van der Waals surface area contributed by atoms with Gasteiger partial charge in [-0.3, -0.25) is 14.5 Å². The molecule has 0 unspecified atom stereocenters. The Morgan fingerprint density at radius 2 is 1.74 bits per heavy atom. The van der Waals surface area contributed by atoms with E-state index < -0.39 is 5.25 Å². The second-order valence-corrected chi connectivity index (χ2v) is 8.88. The molecule has 1 N–H and O–H groups in total. The summed E-state index contributed by atoms with van der Waals surface area (Å²) in [5, 5.41) is 2.66. The van der Waals surface area contributed by atoms with E-state index in [0.29, 0.717) is 28.0 Å². The third-order valence-corrected chi connectivity index (χ3v) is 6.47. The predicted octanol–water partition coefficient (Wildman–Crippen LogP) is 5.00. The van der Waals surface area contributed by atoms with Crippen molar-refractivity contribution in [3.8, 4) is 11.5 Å². The summed E-state index contributed by atoms with van der Waals surface area (Å²) in [5.74, 6) is 0.144. The first kappa shape index (κ1) is 24.3. The zero-order chi connectivity index (χ0) is 24.8. The number of anilines is 1. The van der Waals surface area contributed by atoms with Gasteiger partial charge < -0.3 is 14.8 Å². The Kier molecular flexibility index (Phi) is 7.67. The lowest BCUT2D eigenvalue weighted by molar-refractivity contribution is -0.128. The van der Waals surface area contributed by atoms with Gasteiger partial charge >= 0.3 is 0 Å². The molecule has 1 fully saturated rings. The van der Waals surface area contributed by atoms with Crippen LogP contribution in [-0.2, 0) is 16.1 Å². The van der Waals surface area contributed by atoms with E-state index in [1.54, 1.807) is 35.2 Å². The van der Waals surface area contributed by atoms with Crippen molar-refractivity contribution in [2.24, 2.45) is 4.99 Å². The number of nitrogens with zero attached hydrogens (tertiary/aromatic N) is 2. The lowest BCUT2D eigenvalue weighted by Crippen LogP contribution is -2.33.